The third-order valence-corrected chi connectivity index (χ3v) is 7.65. The number of carbonyl (C=O) groups excluding carboxylic acids is 2. The van der Waals surface area contributed by atoms with Crippen LogP contribution >= 0.6 is 15.9 Å². The number of nitro groups is 1. The molecule has 0 aliphatic heterocycles. The Morgan fingerprint density at radius 2 is 1.61 bits per heavy atom. The first-order valence-electron chi connectivity index (χ1n) is 12.8. The van der Waals surface area contributed by atoms with Crippen LogP contribution in [0.4, 0.5) is 11.4 Å². The van der Waals surface area contributed by atoms with E-state index in [9.17, 15) is 28.1 Å². The molecule has 0 aromatic heterocycles. The Morgan fingerprint density at radius 1 is 0.976 bits per heavy atom. The molecule has 0 heterocycles. The van der Waals surface area contributed by atoms with Crippen LogP contribution in [-0.4, -0.2) is 54.4 Å². The van der Waals surface area contributed by atoms with Gasteiger partial charge in [0.15, 0.2) is 0 Å². The molecule has 0 spiro atoms. The summed E-state index contributed by atoms with van der Waals surface area (Å²) in [5.41, 5.74) is 0.582. The second kappa shape index (κ2) is 13.3. The van der Waals surface area contributed by atoms with Gasteiger partial charge in [-0.05, 0) is 50.1 Å². The number of carbonyl (C=O) groups is 2. The minimum absolute atomic E-state index is 0.0138. The van der Waals surface area contributed by atoms with Gasteiger partial charge in [0.2, 0.25) is 21.8 Å². The number of hydrogen-bond donors (Lipinski definition) is 1. The fourth-order valence-corrected chi connectivity index (χ4v) is 5.50. The number of rotatable bonds is 11. The van der Waals surface area contributed by atoms with Crippen molar-refractivity contribution in [3.8, 4) is 0 Å². The van der Waals surface area contributed by atoms with E-state index in [2.05, 4.69) is 21.2 Å². The van der Waals surface area contributed by atoms with Crippen LogP contribution in [0.5, 0.6) is 0 Å². The van der Waals surface area contributed by atoms with Crippen LogP contribution in [0.25, 0.3) is 0 Å². The van der Waals surface area contributed by atoms with Gasteiger partial charge in [0.25, 0.3) is 5.69 Å². The molecule has 0 radical (unpaired) electrons. The fraction of sp³-hybridized carbons (Fsp3) is 0.310. The Kier molecular flexibility index (Phi) is 10.3. The molecule has 0 fully saturated rings. The Balaban J connectivity index is 2.09. The number of halogens is 1. The summed E-state index contributed by atoms with van der Waals surface area (Å²) in [4.78, 5) is 39.9. The molecule has 3 aromatic carbocycles. The highest BCUT2D eigenvalue weighted by atomic mass is 79.9. The second-order valence-corrected chi connectivity index (χ2v) is 13.5. The summed E-state index contributed by atoms with van der Waals surface area (Å²) < 4.78 is 27.3. The van der Waals surface area contributed by atoms with Gasteiger partial charge in [-0.25, -0.2) is 8.42 Å². The monoisotopic (exact) mass is 644 g/mol. The maximum atomic E-state index is 14.1. The summed E-state index contributed by atoms with van der Waals surface area (Å²) in [6, 6.07) is 20.6. The number of benzene rings is 3. The van der Waals surface area contributed by atoms with E-state index in [1.165, 1.54) is 23.1 Å². The fourth-order valence-electron chi connectivity index (χ4n) is 4.21. The van der Waals surface area contributed by atoms with Crippen molar-refractivity contribution in [2.45, 2.75) is 45.3 Å². The van der Waals surface area contributed by atoms with E-state index >= 15 is 0 Å². The van der Waals surface area contributed by atoms with Crippen LogP contribution in [0.3, 0.4) is 0 Å². The van der Waals surface area contributed by atoms with Gasteiger partial charge in [0.05, 0.1) is 16.9 Å². The molecule has 0 bridgehead atoms. The van der Waals surface area contributed by atoms with E-state index in [4.69, 9.17) is 0 Å². The van der Waals surface area contributed by atoms with Gasteiger partial charge >= 0.3 is 0 Å². The molecule has 0 saturated carbocycles. The van der Waals surface area contributed by atoms with Crippen molar-refractivity contribution in [3.63, 3.8) is 0 Å². The van der Waals surface area contributed by atoms with Crippen molar-refractivity contribution in [2.75, 3.05) is 17.1 Å². The van der Waals surface area contributed by atoms with Crippen molar-refractivity contribution < 1.29 is 22.9 Å². The van der Waals surface area contributed by atoms with Crippen LogP contribution < -0.4 is 9.62 Å². The van der Waals surface area contributed by atoms with Gasteiger partial charge in [-0.3, -0.25) is 24.0 Å². The molecule has 1 atom stereocenters. The van der Waals surface area contributed by atoms with Crippen molar-refractivity contribution in [3.05, 3.63) is 105 Å². The van der Waals surface area contributed by atoms with Gasteiger partial charge in [-0.2, -0.15) is 0 Å². The lowest BCUT2D eigenvalue weighted by Gasteiger charge is -2.35. The normalized spacial score (nSPS) is 12.3. The lowest BCUT2D eigenvalue weighted by atomic mass is 10.0. The first kappa shape index (κ1) is 31.8. The van der Waals surface area contributed by atoms with Crippen LogP contribution in [0.1, 0.15) is 31.9 Å². The van der Waals surface area contributed by atoms with Crippen LogP contribution in [0, 0.1) is 10.1 Å². The molecular formula is C29H33BrN4O6S. The van der Waals surface area contributed by atoms with Gasteiger partial charge in [-0.15, -0.1) is 0 Å². The number of nitrogens with zero attached hydrogens (tertiary/aromatic N) is 3. The average Bonchev–Trinajstić information content (AvgIpc) is 2.88. The standard InChI is InChI=1S/C29H33BrN4O6S/c1-29(2,3)31-28(36)26(17-21-10-6-5-7-11-21)32(19-22-12-8-13-23(30)16-22)27(35)20-33(41(4,39)40)24-14-9-15-25(18-24)34(37)38/h5-16,18,26H,17,19-20H2,1-4H3,(H,31,36)/t26-/m0/s1. The SMILES string of the molecule is CC(C)(C)NC(=O)[C@H](Cc1ccccc1)N(Cc1cccc(Br)c1)C(=O)CN(c1cccc([N+](=O)[O-])c1)S(C)(=O)=O. The number of sulfonamides is 1. The Labute approximate surface area is 248 Å². The molecule has 3 rings (SSSR count). The third-order valence-electron chi connectivity index (χ3n) is 6.02. The van der Waals surface area contributed by atoms with E-state index in [0.717, 1.165) is 32.2 Å². The Hall–Kier alpha value is -3.77. The second-order valence-electron chi connectivity index (χ2n) is 10.6. The molecule has 0 saturated heterocycles. The summed E-state index contributed by atoms with van der Waals surface area (Å²) in [6.45, 7) is 4.85. The highest BCUT2D eigenvalue weighted by Gasteiger charge is 2.34. The zero-order chi connectivity index (χ0) is 30.4. The lowest BCUT2D eigenvalue weighted by molar-refractivity contribution is -0.384. The topological polar surface area (TPSA) is 130 Å². The third kappa shape index (κ3) is 9.39. The highest BCUT2D eigenvalue weighted by Crippen LogP contribution is 2.25. The van der Waals surface area contributed by atoms with Gasteiger partial charge < -0.3 is 10.2 Å². The van der Waals surface area contributed by atoms with E-state index in [0.29, 0.717) is 0 Å². The van der Waals surface area contributed by atoms with Crippen molar-refractivity contribution >= 4 is 49.1 Å². The first-order chi connectivity index (χ1) is 19.1. The van der Waals surface area contributed by atoms with Crippen molar-refractivity contribution in [1.82, 2.24) is 10.2 Å². The Morgan fingerprint density at radius 3 is 2.20 bits per heavy atom. The Bertz CT molecular complexity index is 1510. The molecule has 3 aromatic rings. The summed E-state index contributed by atoms with van der Waals surface area (Å²) in [6.07, 6.45) is 1.10. The van der Waals surface area contributed by atoms with E-state index in [1.807, 2.05) is 63.2 Å². The molecule has 41 heavy (non-hydrogen) atoms. The highest BCUT2D eigenvalue weighted by molar-refractivity contribution is 9.10. The minimum Gasteiger partial charge on any atom is -0.350 e. The predicted molar refractivity (Wildman–Crippen MR) is 162 cm³/mol. The van der Waals surface area contributed by atoms with E-state index < -0.39 is 44.9 Å². The molecule has 12 heteroatoms. The number of nitrogens with one attached hydrogen (secondary N) is 1. The molecule has 0 aliphatic rings. The number of amides is 2. The van der Waals surface area contributed by atoms with Crippen LogP contribution in [0.15, 0.2) is 83.3 Å². The van der Waals surface area contributed by atoms with Gasteiger partial charge in [0, 0.05) is 35.1 Å². The van der Waals surface area contributed by atoms with Crippen molar-refractivity contribution in [1.29, 1.82) is 0 Å². The summed E-state index contributed by atoms with van der Waals surface area (Å²) in [5.74, 6) is -1.04. The molecule has 1 N–H and O–H groups in total. The number of hydrogen-bond acceptors (Lipinski definition) is 6. The van der Waals surface area contributed by atoms with E-state index in [1.54, 1.807) is 12.1 Å². The number of anilines is 1. The van der Waals surface area contributed by atoms with Gasteiger partial charge in [0.1, 0.15) is 12.6 Å². The smallest absolute Gasteiger partial charge is 0.271 e. The predicted octanol–water partition coefficient (Wildman–Crippen LogP) is 4.68. The average molecular weight is 646 g/mol. The molecule has 218 valence electrons. The summed E-state index contributed by atoms with van der Waals surface area (Å²) in [5, 5.41) is 14.3. The zero-order valence-corrected chi connectivity index (χ0v) is 25.7. The molecule has 0 aliphatic carbocycles. The summed E-state index contributed by atoms with van der Waals surface area (Å²) >= 11 is 3.44. The molecular weight excluding hydrogens is 612 g/mol. The molecule has 10 nitrogen and oxygen atoms in total. The zero-order valence-electron chi connectivity index (χ0n) is 23.3. The first-order valence-corrected chi connectivity index (χ1v) is 15.4. The lowest BCUT2D eigenvalue weighted by Crippen LogP contribution is -2.56. The number of nitro benzene ring substituents is 1. The number of non-ortho nitro benzene ring substituents is 1. The quantitative estimate of drug-likeness (QED) is 0.238. The van der Waals surface area contributed by atoms with E-state index in [-0.39, 0.29) is 24.3 Å². The minimum atomic E-state index is -4.05. The maximum Gasteiger partial charge on any atom is 0.271 e. The molecule has 2 amide bonds. The summed E-state index contributed by atoms with van der Waals surface area (Å²) in [7, 11) is -4.05. The van der Waals surface area contributed by atoms with Crippen molar-refractivity contribution in [2.24, 2.45) is 0 Å². The van der Waals surface area contributed by atoms with Crippen LogP contribution in [-0.2, 0) is 32.6 Å². The molecule has 0 unspecified atom stereocenters. The maximum absolute atomic E-state index is 14.1. The largest absolute Gasteiger partial charge is 0.350 e. The van der Waals surface area contributed by atoms with Gasteiger partial charge in [-0.1, -0.05) is 64.5 Å². The van der Waals surface area contributed by atoms with Crippen LogP contribution in [0.2, 0.25) is 0 Å².